The predicted molar refractivity (Wildman–Crippen MR) is 78.0 cm³/mol. The van der Waals surface area contributed by atoms with Crippen molar-refractivity contribution in [3.05, 3.63) is 47.3 Å². The number of fused-ring (bicyclic) bond motifs is 1. The molecule has 0 saturated heterocycles. The largest absolute Gasteiger partial charge is 0.311 e. The first-order valence-corrected chi connectivity index (χ1v) is 7.24. The minimum Gasteiger partial charge on any atom is -0.311 e. The Hall–Kier alpha value is -1.72. The van der Waals surface area contributed by atoms with Crippen LogP contribution in [0, 0.1) is 0 Å². The molecule has 1 aromatic carbocycles. The summed E-state index contributed by atoms with van der Waals surface area (Å²) >= 11 is 0. The van der Waals surface area contributed by atoms with E-state index in [1.807, 2.05) is 10.9 Å². The molecular formula is C15H21N5. The molecule has 5 heteroatoms. The average molecular weight is 271 g/mol. The van der Waals surface area contributed by atoms with Crippen LogP contribution in [0.25, 0.3) is 0 Å². The van der Waals surface area contributed by atoms with Crippen LogP contribution in [0.3, 0.4) is 0 Å². The first-order valence-electron chi connectivity index (χ1n) is 7.24. The summed E-state index contributed by atoms with van der Waals surface area (Å²) in [4.78, 5) is 2.45. The highest BCUT2D eigenvalue weighted by Crippen LogP contribution is 2.21. The Morgan fingerprint density at radius 3 is 2.60 bits per heavy atom. The van der Waals surface area contributed by atoms with Gasteiger partial charge in [0.1, 0.15) is 0 Å². The Bertz CT molecular complexity index is 538. The fraction of sp³-hybridized carbons (Fsp3) is 0.467. The molecule has 0 fully saturated rings. The SMILES string of the molecule is CCNCc1cn(CCN2Cc3ccccc3C2)nn1. The molecule has 0 unspecified atom stereocenters. The lowest BCUT2D eigenvalue weighted by molar-refractivity contribution is 0.266. The van der Waals surface area contributed by atoms with E-state index in [4.69, 9.17) is 0 Å². The highest BCUT2D eigenvalue weighted by molar-refractivity contribution is 5.30. The third kappa shape index (κ3) is 3.05. The van der Waals surface area contributed by atoms with Gasteiger partial charge in [-0.1, -0.05) is 36.4 Å². The van der Waals surface area contributed by atoms with Crippen molar-refractivity contribution >= 4 is 0 Å². The number of benzene rings is 1. The van der Waals surface area contributed by atoms with Gasteiger partial charge in [0.05, 0.1) is 12.2 Å². The van der Waals surface area contributed by atoms with E-state index in [9.17, 15) is 0 Å². The number of rotatable bonds is 6. The van der Waals surface area contributed by atoms with Crippen LogP contribution in [-0.2, 0) is 26.2 Å². The minimum absolute atomic E-state index is 0.797. The van der Waals surface area contributed by atoms with Crippen molar-refractivity contribution in [2.24, 2.45) is 0 Å². The van der Waals surface area contributed by atoms with Crippen molar-refractivity contribution in [2.75, 3.05) is 13.1 Å². The second kappa shape index (κ2) is 6.15. The summed E-state index contributed by atoms with van der Waals surface area (Å²) in [7, 11) is 0. The van der Waals surface area contributed by atoms with Gasteiger partial charge in [0.2, 0.25) is 0 Å². The van der Waals surface area contributed by atoms with Gasteiger partial charge in [-0.05, 0) is 17.7 Å². The van der Waals surface area contributed by atoms with Gasteiger partial charge < -0.3 is 5.32 Å². The zero-order valence-electron chi connectivity index (χ0n) is 11.9. The minimum atomic E-state index is 0.797. The highest BCUT2D eigenvalue weighted by Gasteiger charge is 2.17. The summed E-state index contributed by atoms with van der Waals surface area (Å²) in [5, 5.41) is 11.6. The lowest BCUT2D eigenvalue weighted by atomic mass is 10.1. The van der Waals surface area contributed by atoms with E-state index in [-0.39, 0.29) is 0 Å². The highest BCUT2D eigenvalue weighted by atomic mass is 15.4. The topological polar surface area (TPSA) is 46.0 Å². The Morgan fingerprint density at radius 2 is 1.90 bits per heavy atom. The maximum absolute atomic E-state index is 4.18. The van der Waals surface area contributed by atoms with E-state index in [0.29, 0.717) is 0 Å². The molecule has 0 aliphatic carbocycles. The summed E-state index contributed by atoms with van der Waals surface area (Å²) in [6.45, 7) is 7.86. The van der Waals surface area contributed by atoms with Crippen molar-refractivity contribution in [3.8, 4) is 0 Å². The number of nitrogens with zero attached hydrogens (tertiary/aromatic N) is 4. The Morgan fingerprint density at radius 1 is 1.15 bits per heavy atom. The maximum atomic E-state index is 4.18. The van der Waals surface area contributed by atoms with Crippen LogP contribution in [0.4, 0.5) is 0 Å². The summed E-state index contributed by atoms with van der Waals surface area (Å²) in [5.41, 5.74) is 3.93. The Labute approximate surface area is 119 Å². The van der Waals surface area contributed by atoms with Crippen LogP contribution in [-0.4, -0.2) is 33.0 Å². The Kier molecular flexibility index (Phi) is 4.08. The van der Waals surface area contributed by atoms with Crippen LogP contribution >= 0.6 is 0 Å². The molecule has 2 heterocycles. The van der Waals surface area contributed by atoms with Crippen LogP contribution in [0.5, 0.6) is 0 Å². The van der Waals surface area contributed by atoms with Gasteiger partial charge in [-0.15, -0.1) is 5.10 Å². The van der Waals surface area contributed by atoms with E-state index in [1.165, 1.54) is 11.1 Å². The molecule has 0 saturated carbocycles. The average Bonchev–Trinajstić information content (AvgIpc) is 3.09. The molecule has 1 aliphatic heterocycles. The molecule has 1 aromatic heterocycles. The second-order valence-corrected chi connectivity index (χ2v) is 5.23. The first kappa shape index (κ1) is 13.3. The smallest absolute Gasteiger partial charge is 0.0964 e. The van der Waals surface area contributed by atoms with Crippen molar-refractivity contribution in [2.45, 2.75) is 33.1 Å². The fourth-order valence-corrected chi connectivity index (χ4v) is 2.59. The number of nitrogens with one attached hydrogen (secondary N) is 1. The van der Waals surface area contributed by atoms with Gasteiger partial charge in [-0.2, -0.15) is 0 Å². The van der Waals surface area contributed by atoms with Crippen LogP contribution < -0.4 is 5.32 Å². The second-order valence-electron chi connectivity index (χ2n) is 5.23. The normalized spacial score (nSPS) is 14.7. The van der Waals surface area contributed by atoms with Crippen molar-refractivity contribution in [1.82, 2.24) is 25.2 Å². The first-order chi connectivity index (χ1) is 9.85. The molecule has 0 spiro atoms. The monoisotopic (exact) mass is 271 g/mol. The molecule has 0 radical (unpaired) electrons. The third-order valence-corrected chi connectivity index (χ3v) is 3.69. The summed E-state index contributed by atoms with van der Waals surface area (Å²) in [6.07, 6.45) is 2.03. The van der Waals surface area contributed by atoms with Crippen LogP contribution in [0.15, 0.2) is 30.5 Å². The van der Waals surface area contributed by atoms with Crippen molar-refractivity contribution in [1.29, 1.82) is 0 Å². The number of aromatic nitrogens is 3. The lowest BCUT2D eigenvalue weighted by Crippen LogP contribution is -2.22. The van der Waals surface area contributed by atoms with Gasteiger partial charge in [-0.25, -0.2) is 0 Å². The molecule has 3 rings (SSSR count). The molecule has 0 bridgehead atoms. The fourth-order valence-electron chi connectivity index (χ4n) is 2.59. The molecule has 106 valence electrons. The van der Waals surface area contributed by atoms with Crippen LogP contribution in [0.2, 0.25) is 0 Å². The van der Waals surface area contributed by atoms with Crippen LogP contribution in [0.1, 0.15) is 23.7 Å². The standard InChI is InChI=1S/C15H21N5/c1-2-16-9-15-12-20(18-17-15)8-7-19-10-13-5-3-4-6-14(13)11-19/h3-6,12,16H,2,7-11H2,1H3. The number of hydrogen-bond donors (Lipinski definition) is 1. The summed E-state index contributed by atoms with van der Waals surface area (Å²) in [5.74, 6) is 0. The maximum Gasteiger partial charge on any atom is 0.0964 e. The van der Waals surface area contributed by atoms with E-state index < -0.39 is 0 Å². The quantitative estimate of drug-likeness (QED) is 0.863. The molecule has 1 N–H and O–H groups in total. The molecular weight excluding hydrogens is 250 g/mol. The Balaban J connectivity index is 1.50. The zero-order valence-corrected chi connectivity index (χ0v) is 11.9. The number of hydrogen-bond acceptors (Lipinski definition) is 4. The van der Waals surface area contributed by atoms with Crippen molar-refractivity contribution in [3.63, 3.8) is 0 Å². The van der Waals surface area contributed by atoms with Gasteiger partial charge in [-0.3, -0.25) is 9.58 Å². The van der Waals surface area contributed by atoms with Gasteiger partial charge in [0, 0.05) is 32.4 Å². The molecule has 0 atom stereocenters. The summed E-state index contributed by atoms with van der Waals surface area (Å²) < 4.78 is 1.94. The zero-order chi connectivity index (χ0) is 13.8. The molecule has 1 aliphatic rings. The lowest BCUT2D eigenvalue weighted by Gasteiger charge is -2.13. The summed E-state index contributed by atoms with van der Waals surface area (Å²) in [6, 6.07) is 8.68. The van der Waals surface area contributed by atoms with E-state index in [0.717, 1.165) is 45.0 Å². The predicted octanol–water partition coefficient (Wildman–Crippen LogP) is 1.40. The van der Waals surface area contributed by atoms with Gasteiger partial charge in [0.15, 0.2) is 0 Å². The van der Waals surface area contributed by atoms with Gasteiger partial charge >= 0.3 is 0 Å². The third-order valence-electron chi connectivity index (χ3n) is 3.69. The molecule has 5 nitrogen and oxygen atoms in total. The molecule has 0 amide bonds. The van der Waals surface area contributed by atoms with E-state index in [2.05, 4.69) is 51.7 Å². The van der Waals surface area contributed by atoms with Gasteiger partial charge in [0.25, 0.3) is 0 Å². The van der Waals surface area contributed by atoms with Crippen molar-refractivity contribution < 1.29 is 0 Å². The molecule has 2 aromatic rings. The van der Waals surface area contributed by atoms with E-state index in [1.54, 1.807) is 0 Å². The molecule has 20 heavy (non-hydrogen) atoms. The van der Waals surface area contributed by atoms with E-state index >= 15 is 0 Å².